The second-order valence-electron chi connectivity index (χ2n) is 9.27. The van der Waals surface area contributed by atoms with Crippen molar-refractivity contribution in [2.45, 2.75) is 44.8 Å². The van der Waals surface area contributed by atoms with Crippen LogP contribution in [0.25, 0.3) is 10.9 Å². The molecule has 0 unspecified atom stereocenters. The Labute approximate surface area is 208 Å². The van der Waals surface area contributed by atoms with Gasteiger partial charge in [0.25, 0.3) is 0 Å². The largest absolute Gasteiger partial charge is 0.493 e. The molecule has 36 heavy (non-hydrogen) atoms. The lowest BCUT2D eigenvalue weighted by Crippen LogP contribution is -2.52. The Hall–Kier alpha value is -3.53. The molecule has 1 aromatic heterocycles. The van der Waals surface area contributed by atoms with Gasteiger partial charge >= 0.3 is 0 Å². The molecule has 2 N–H and O–H groups in total. The molecule has 2 aliphatic rings. The van der Waals surface area contributed by atoms with Crippen LogP contribution in [0, 0.1) is 18.6 Å². The molecule has 1 saturated carbocycles. The second kappa shape index (κ2) is 10.2. The van der Waals surface area contributed by atoms with Crippen LogP contribution in [0.1, 0.15) is 31.2 Å². The van der Waals surface area contributed by atoms with Crippen LogP contribution >= 0.6 is 0 Å². The van der Waals surface area contributed by atoms with Crippen molar-refractivity contribution in [1.29, 1.82) is 0 Å². The molecule has 190 valence electrons. The molecule has 5 rings (SSSR count). The average Bonchev–Trinajstić information content (AvgIpc) is 2.89. The molecule has 1 aliphatic heterocycles. The van der Waals surface area contributed by atoms with Gasteiger partial charge in [-0.05, 0) is 50.8 Å². The van der Waals surface area contributed by atoms with Gasteiger partial charge in [-0.15, -0.1) is 0 Å². The summed E-state index contributed by atoms with van der Waals surface area (Å²) in [6.07, 6.45) is 5.01. The second-order valence-corrected chi connectivity index (χ2v) is 9.27. The number of carbonyl (C=O) groups excluding carboxylic acids is 1. The van der Waals surface area contributed by atoms with E-state index in [9.17, 15) is 13.6 Å². The van der Waals surface area contributed by atoms with Crippen LogP contribution in [0.15, 0.2) is 30.6 Å². The van der Waals surface area contributed by atoms with Crippen molar-refractivity contribution < 1.29 is 23.0 Å². The highest BCUT2D eigenvalue weighted by Crippen LogP contribution is 2.37. The summed E-state index contributed by atoms with van der Waals surface area (Å²) in [5.74, 6) is 0.288. The third kappa shape index (κ3) is 4.90. The normalized spacial score (nSPS) is 20.7. The number of halogens is 2. The molecule has 2 fully saturated rings. The summed E-state index contributed by atoms with van der Waals surface area (Å²) in [6, 6.07) is 6.51. The minimum Gasteiger partial charge on any atom is -0.493 e. The summed E-state index contributed by atoms with van der Waals surface area (Å²) < 4.78 is 40.3. The van der Waals surface area contributed by atoms with Crippen LogP contribution < -0.4 is 20.1 Å². The Bertz CT molecular complexity index is 1280. The standard InChI is InChI=1S/C26H29F2N5O3/c1-15-19(27)7-8-20(25(15)28)32-26-18-11-23(22(35-2)12-21(18)30-14-31-26)36-17-5-3-16(4-6-17)33-10-9-29-24(34)13-33/h7-8,11-12,14,16-17H,3-6,9-10,13H2,1-2H3,(H,29,34)(H,30,31,32). The van der Waals surface area contributed by atoms with E-state index in [1.807, 2.05) is 0 Å². The van der Waals surface area contributed by atoms with Crippen LogP contribution in [0.2, 0.25) is 0 Å². The van der Waals surface area contributed by atoms with E-state index in [0.717, 1.165) is 32.2 Å². The maximum Gasteiger partial charge on any atom is 0.234 e. The molecule has 2 aromatic carbocycles. The fourth-order valence-corrected chi connectivity index (χ4v) is 4.98. The van der Waals surface area contributed by atoms with Crippen molar-refractivity contribution >= 4 is 28.3 Å². The van der Waals surface area contributed by atoms with E-state index in [1.165, 1.54) is 25.4 Å². The smallest absolute Gasteiger partial charge is 0.234 e. The highest BCUT2D eigenvalue weighted by atomic mass is 19.1. The molecule has 3 aromatic rings. The quantitative estimate of drug-likeness (QED) is 0.530. The number of methoxy groups -OCH3 is 1. The van der Waals surface area contributed by atoms with Crippen molar-refractivity contribution in [3.05, 3.63) is 47.8 Å². The minimum absolute atomic E-state index is 0.00412. The van der Waals surface area contributed by atoms with E-state index < -0.39 is 11.6 Å². The predicted octanol–water partition coefficient (Wildman–Crippen LogP) is 4.09. The first-order valence-corrected chi connectivity index (χ1v) is 12.1. The summed E-state index contributed by atoms with van der Waals surface area (Å²) in [5.41, 5.74) is 0.657. The highest BCUT2D eigenvalue weighted by molar-refractivity contribution is 5.93. The van der Waals surface area contributed by atoms with Crippen LogP contribution in [-0.2, 0) is 4.79 Å². The van der Waals surface area contributed by atoms with Crippen LogP contribution in [0.5, 0.6) is 11.5 Å². The number of aromatic nitrogens is 2. The third-order valence-corrected chi connectivity index (χ3v) is 7.02. The van der Waals surface area contributed by atoms with Gasteiger partial charge in [-0.25, -0.2) is 18.7 Å². The van der Waals surface area contributed by atoms with Crippen molar-refractivity contribution in [3.63, 3.8) is 0 Å². The van der Waals surface area contributed by atoms with Crippen molar-refractivity contribution in [2.75, 3.05) is 32.1 Å². The zero-order chi connectivity index (χ0) is 25.2. The number of carbonyl (C=O) groups is 1. The number of hydrogen-bond donors (Lipinski definition) is 2. The fourth-order valence-electron chi connectivity index (χ4n) is 4.98. The van der Waals surface area contributed by atoms with Gasteiger partial charge in [0.05, 0.1) is 31.0 Å². The van der Waals surface area contributed by atoms with Gasteiger partial charge < -0.3 is 20.1 Å². The van der Waals surface area contributed by atoms with E-state index in [2.05, 4.69) is 25.5 Å². The lowest BCUT2D eigenvalue weighted by atomic mass is 9.91. The van der Waals surface area contributed by atoms with E-state index in [4.69, 9.17) is 9.47 Å². The fraction of sp³-hybridized carbons (Fsp3) is 0.423. The Kier molecular flexibility index (Phi) is 6.86. The molecule has 0 radical (unpaired) electrons. The van der Waals surface area contributed by atoms with Gasteiger partial charge in [0.15, 0.2) is 17.3 Å². The molecule has 0 bridgehead atoms. The number of nitrogens with zero attached hydrogens (tertiary/aromatic N) is 3. The third-order valence-electron chi connectivity index (χ3n) is 7.02. The molecule has 0 atom stereocenters. The van der Waals surface area contributed by atoms with Gasteiger partial charge in [-0.2, -0.15) is 0 Å². The Morgan fingerprint density at radius 2 is 1.92 bits per heavy atom. The number of ether oxygens (including phenoxy) is 2. The number of benzene rings is 2. The van der Waals surface area contributed by atoms with E-state index in [0.29, 0.717) is 47.4 Å². The summed E-state index contributed by atoms with van der Waals surface area (Å²) in [5, 5.41) is 6.47. The minimum atomic E-state index is -0.672. The van der Waals surface area contributed by atoms with E-state index >= 15 is 0 Å². The number of anilines is 2. The molecule has 2 heterocycles. The summed E-state index contributed by atoms with van der Waals surface area (Å²) in [7, 11) is 1.57. The predicted molar refractivity (Wildman–Crippen MR) is 132 cm³/mol. The highest BCUT2D eigenvalue weighted by Gasteiger charge is 2.30. The van der Waals surface area contributed by atoms with E-state index in [1.54, 1.807) is 19.2 Å². The molecule has 1 saturated heterocycles. The van der Waals surface area contributed by atoms with Crippen LogP contribution in [-0.4, -0.2) is 59.7 Å². The summed E-state index contributed by atoms with van der Waals surface area (Å²) in [4.78, 5) is 22.6. The van der Waals surface area contributed by atoms with Crippen molar-refractivity contribution in [3.8, 4) is 11.5 Å². The van der Waals surface area contributed by atoms with Gasteiger partial charge in [-0.3, -0.25) is 9.69 Å². The first-order valence-electron chi connectivity index (χ1n) is 12.1. The topological polar surface area (TPSA) is 88.6 Å². The molecular formula is C26H29F2N5O3. The van der Waals surface area contributed by atoms with Crippen LogP contribution in [0.4, 0.5) is 20.3 Å². The van der Waals surface area contributed by atoms with Gasteiger partial charge in [0.2, 0.25) is 5.91 Å². The van der Waals surface area contributed by atoms with Crippen molar-refractivity contribution in [2.24, 2.45) is 0 Å². The lowest BCUT2D eigenvalue weighted by molar-refractivity contribution is -0.125. The SMILES string of the molecule is COc1cc2ncnc(Nc3ccc(F)c(C)c3F)c2cc1OC1CCC(N2CCNC(=O)C2)CC1. The number of amides is 1. The number of hydrogen-bond acceptors (Lipinski definition) is 7. The molecule has 10 heteroatoms. The average molecular weight is 498 g/mol. The molecule has 8 nitrogen and oxygen atoms in total. The number of piperazine rings is 1. The first-order chi connectivity index (χ1) is 17.4. The zero-order valence-corrected chi connectivity index (χ0v) is 20.3. The number of nitrogens with one attached hydrogen (secondary N) is 2. The van der Waals surface area contributed by atoms with Crippen molar-refractivity contribution in [1.82, 2.24) is 20.2 Å². The van der Waals surface area contributed by atoms with Gasteiger partial charge in [0, 0.05) is 36.1 Å². The Morgan fingerprint density at radius 1 is 1.11 bits per heavy atom. The maximum atomic E-state index is 14.6. The first kappa shape index (κ1) is 24.2. The number of fused-ring (bicyclic) bond motifs is 1. The van der Waals surface area contributed by atoms with Gasteiger partial charge in [-0.1, -0.05) is 0 Å². The van der Waals surface area contributed by atoms with Gasteiger partial charge in [0.1, 0.15) is 18.0 Å². The lowest BCUT2D eigenvalue weighted by Gasteiger charge is -2.38. The van der Waals surface area contributed by atoms with E-state index in [-0.39, 0.29) is 23.3 Å². The molecule has 0 spiro atoms. The van der Waals surface area contributed by atoms with Crippen LogP contribution in [0.3, 0.4) is 0 Å². The maximum absolute atomic E-state index is 14.6. The Morgan fingerprint density at radius 3 is 2.67 bits per heavy atom. The zero-order valence-electron chi connectivity index (χ0n) is 20.3. The summed E-state index contributed by atoms with van der Waals surface area (Å²) in [6.45, 7) is 3.42. The molecule has 1 aliphatic carbocycles. The monoisotopic (exact) mass is 497 g/mol. The molecular weight excluding hydrogens is 468 g/mol. The Balaban J connectivity index is 1.35. The summed E-state index contributed by atoms with van der Waals surface area (Å²) >= 11 is 0. The number of rotatable bonds is 6. The molecule has 1 amide bonds.